The molecule has 1 fully saturated rings. The Kier molecular flexibility index (Phi) is 17.4. The van der Waals surface area contributed by atoms with Gasteiger partial charge >= 0.3 is 0 Å². The Balaban J connectivity index is 0. The van der Waals surface area contributed by atoms with Crippen LogP contribution in [0.1, 0.15) is 52.9 Å². The minimum atomic E-state index is 0.639. The monoisotopic (exact) mass is 201 g/mol. The normalized spacial score (nSPS) is 16.6. The number of carbonyl (C=O) groups is 1. The summed E-state index contributed by atoms with van der Waals surface area (Å²) < 4.78 is 0. The molecule has 0 aromatic rings. The van der Waals surface area contributed by atoms with Gasteiger partial charge in [-0.25, -0.2) is 0 Å². The fourth-order valence-corrected chi connectivity index (χ4v) is 1.23. The van der Waals surface area contributed by atoms with Gasteiger partial charge in [-0.2, -0.15) is 0 Å². The van der Waals surface area contributed by atoms with Crippen LogP contribution in [0.5, 0.6) is 0 Å². The van der Waals surface area contributed by atoms with Crippen molar-refractivity contribution >= 4 is 6.29 Å². The first-order chi connectivity index (χ1) is 6.81. The highest BCUT2D eigenvalue weighted by molar-refractivity contribution is 5.48. The predicted octanol–water partition coefficient (Wildman–Crippen LogP) is 3.11. The van der Waals surface area contributed by atoms with Gasteiger partial charge in [0, 0.05) is 6.42 Å². The first-order valence-corrected chi connectivity index (χ1v) is 5.93. The SMILES string of the molecule is CC.CCC=O.CN1CCCCCC1. The van der Waals surface area contributed by atoms with E-state index in [9.17, 15) is 4.79 Å². The van der Waals surface area contributed by atoms with Crippen LogP contribution in [-0.4, -0.2) is 31.3 Å². The molecule has 0 amide bonds. The zero-order valence-electron chi connectivity index (χ0n) is 10.4. The van der Waals surface area contributed by atoms with Gasteiger partial charge in [0.25, 0.3) is 0 Å². The first kappa shape index (κ1) is 16.1. The second-order valence-corrected chi connectivity index (χ2v) is 3.29. The number of rotatable bonds is 1. The average molecular weight is 201 g/mol. The number of hydrogen-bond donors (Lipinski definition) is 0. The summed E-state index contributed by atoms with van der Waals surface area (Å²) in [6.07, 6.45) is 7.24. The first-order valence-electron chi connectivity index (χ1n) is 5.93. The van der Waals surface area contributed by atoms with Gasteiger partial charge in [-0.15, -0.1) is 0 Å². The van der Waals surface area contributed by atoms with Crippen LogP contribution in [0.3, 0.4) is 0 Å². The molecule has 1 aliphatic rings. The Morgan fingerprint density at radius 2 is 1.43 bits per heavy atom. The van der Waals surface area contributed by atoms with Crippen LogP contribution in [0.15, 0.2) is 0 Å². The molecule has 14 heavy (non-hydrogen) atoms. The van der Waals surface area contributed by atoms with E-state index in [0.29, 0.717) is 6.42 Å². The van der Waals surface area contributed by atoms with E-state index in [2.05, 4.69) is 11.9 Å². The summed E-state index contributed by atoms with van der Waals surface area (Å²) in [7, 11) is 2.21. The summed E-state index contributed by atoms with van der Waals surface area (Å²) in [6, 6.07) is 0. The van der Waals surface area contributed by atoms with Crippen LogP contribution in [0, 0.1) is 0 Å². The summed E-state index contributed by atoms with van der Waals surface area (Å²) >= 11 is 0. The Labute approximate surface area is 89.7 Å². The van der Waals surface area contributed by atoms with Crippen molar-refractivity contribution in [2.24, 2.45) is 0 Å². The zero-order chi connectivity index (χ0) is 11.2. The molecule has 0 spiro atoms. The minimum absolute atomic E-state index is 0.639. The summed E-state index contributed by atoms with van der Waals surface area (Å²) in [5.74, 6) is 0. The minimum Gasteiger partial charge on any atom is -0.306 e. The second-order valence-electron chi connectivity index (χ2n) is 3.29. The summed E-state index contributed by atoms with van der Waals surface area (Å²) in [6.45, 7) is 8.45. The maximum absolute atomic E-state index is 9.17. The lowest BCUT2D eigenvalue weighted by Gasteiger charge is -2.10. The van der Waals surface area contributed by atoms with Gasteiger partial charge in [-0.05, 0) is 33.0 Å². The van der Waals surface area contributed by atoms with Crippen LogP contribution in [0.4, 0.5) is 0 Å². The molecule has 0 atom stereocenters. The smallest absolute Gasteiger partial charge is 0.119 e. The van der Waals surface area contributed by atoms with Crippen LogP contribution < -0.4 is 0 Å². The maximum Gasteiger partial charge on any atom is 0.119 e. The standard InChI is InChI=1S/C7H15N.C3H6O.C2H6/c1-8-6-4-2-3-5-7-8;1-2-3-4;1-2/h2-7H2,1H3;3H,2H2,1H3;1-2H3. The van der Waals surface area contributed by atoms with E-state index in [1.54, 1.807) is 0 Å². The van der Waals surface area contributed by atoms with E-state index in [-0.39, 0.29) is 0 Å². The van der Waals surface area contributed by atoms with E-state index >= 15 is 0 Å². The molecule has 86 valence electrons. The van der Waals surface area contributed by atoms with Crippen LogP contribution in [0.2, 0.25) is 0 Å². The third-order valence-electron chi connectivity index (χ3n) is 2.00. The molecule has 0 saturated carbocycles. The van der Waals surface area contributed by atoms with Gasteiger partial charge in [0.1, 0.15) is 6.29 Å². The summed E-state index contributed by atoms with van der Waals surface area (Å²) in [4.78, 5) is 11.6. The molecule has 1 heterocycles. The molecule has 0 N–H and O–H groups in total. The number of hydrogen-bond acceptors (Lipinski definition) is 2. The molecule has 1 saturated heterocycles. The van der Waals surface area contributed by atoms with Crippen LogP contribution in [-0.2, 0) is 4.79 Å². The quantitative estimate of drug-likeness (QED) is 0.608. The number of nitrogens with zero attached hydrogens (tertiary/aromatic N) is 1. The second kappa shape index (κ2) is 15.1. The highest BCUT2D eigenvalue weighted by Crippen LogP contribution is 2.06. The summed E-state index contributed by atoms with van der Waals surface area (Å²) in [5.41, 5.74) is 0. The van der Waals surface area contributed by atoms with Crippen molar-refractivity contribution in [2.45, 2.75) is 52.9 Å². The lowest BCUT2D eigenvalue weighted by molar-refractivity contribution is -0.107. The molecular weight excluding hydrogens is 174 g/mol. The topological polar surface area (TPSA) is 20.3 Å². The van der Waals surface area contributed by atoms with E-state index in [1.165, 1.54) is 38.8 Å². The number of likely N-dealkylation sites (tertiary alicyclic amines) is 1. The van der Waals surface area contributed by atoms with Crippen molar-refractivity contribution in [1.29, 1.82) is 0 Å². The Hall–Kier alpha value is -0.370. The fraction of sp³-hybridized carbons (Fsp3) is 0.917. The molecule has 0 bridgehead atoms. The summed E-state index contributed by atoms with van der Waals surface area (Å²) in [5, 5.41) is 0. The van der Waals surface area contributed by atoms with Gasteiger partial charge in [0.05, 0.1) is 0 Å². The molecule has 1 rings (SSSR count). The largest absolute Gasteiger partial charge is 0.306 e. The molecule has 0 aromatic heterocycles. The molecule has 0 aliphatic carbocycles. The fourth-order valence-electron chi connectivity index (χ4n) is 1.23. The van der Waals surface area contributed by atoms with Crippen molar-refractivity contribution in [3.63, 3.8) is 0 Å². The van der Waals surface area contributed by atoms with Crippen LogP contribution >= 0.6 is 0 Å². The molecule has 1 aliphatic heterocycles. The lowest BCUT2D eigenvalue weighted by Crippen LogP contribution is -2.18. The molecule has 0 aromatic carbocycles. The lowest BCUT2D eigenvalue weighted by atomic mass is 10.2. The zero-order valence-corrected chi connectivity index (χ0v) is 10.4. The number of carbonyl (C=O) groups excluding carboxylic acids is 1. The molecule has 2 heteroatoms. The van der Waals surface area contributed by atoms with E-state index in [4.69, 9.17) is 0 Å². The predicted molar refractivity (Wildman–Crippen MR) is 63.7 cm³/mol. The molecule has 2 nitrogen and oxygen atoms in total. The van der Waals surface area contributed by atoms with Gasteiger partial charge in [0.2, 0.25) is 0 Å². The van der Waals surface area contributed by atoms with Gasteiger partial charge in [-0.3, -0.25) is 0 Å². The van der Waals surface area contributed by atoms with Crippen molar-refractivity contribution in [3.8, 4) is 0 Å². The van der Waals surface area contributed by atoms with Gasteiger partial charge < -0.3 is 9.69 Å². The Morgan fingerprint density at radius 1 is 1.07 bits per heavy atom. The van der Waals surface area contributed by atoms with E-state index in [1.807, 2.05) is 20.8 Å². The Bertz CT molecular complexity index is 96.5. The molecule has 0 unspecified atom stereocenters. The van der Waals surface area contributed by atoms with Crippen molar-refractivity contribution in [3.05, 3.63) is 0 Å². The third kappa shape index (κ3) is 14.2. The maximum atomic E-state index is 9.17. The highest BCUT2D eigenvalue weighted by Gasteiger charge is 2.01. The molecule has 0 radical (unpaired) electrons. The van der Waals surface area contributed by atoms with Gasteiger partial charge in [-0.1, -0.05) is 33.6 Å². The van der Waals surface area contributed by atoms with E-state index < -0.39 is 0 Å². The third-order valence-corrected chi connectivity index (χ3v) is 2.00. The average Bonchev–Trinajstić information content (AvgIpc) is 2.49. The highest BCUT2D eigenvalue weighted by atomic mass is 16.1. The number of aldehydes is 1. The van der Waals surface area contributed by atoms with Crippen LogP contribution in [0.25, 0.3) is 0 Å². The van der Waals surface area contributed by atoms with E-state index in [0.717, 1.165) is 6.29 Å². The Morgan fingerprint density at radius 3 is 1.71 bits per heavy atom. The van der Waals surface area contributed by atoms with Crippen molar-refractivity contribution < 1.29 is 4.79 Å². The molecular formula is C12H27NO. The van der Waals surface area contributed by atoms with Crippen molar-refractivity contribution in [2.75, 3.05) is 20.1 Å². The van der Waals surface area contributed by atoms with Crippen molar-refractivity contribution in [1.82, 2.24) is 4.90 Å². The van der Waals surface area contributed by atoms with Gasteiger partial charge in [0.15, 0.2) is 0 Å².